The molecular weight excluding hydrogens is 288 g/mol. The molecule has 0 bridgehead atoms. The molecule has 0 radical (unpaired) electrons. The zero-order valence-corrected chi connectivity index (χ0v) is 12.6. The van der Waals surface area contributed by atoms with Crippen molar-refractivity contribution in [1.82, 2.24) is 5.43 Å². The number of fused-ring (bicyclic) bond motifs is 1. The maximum absolute atomic E-state index is 9.33. The highest BCUT2D eigenvalue weighted by atomic mass is 16.4. The van der Waals surface area contributed by atoms with E-state index in [-0.39, 0.29) is 6.61 Å². The van der Waals surface area contributed by atoms with Gasteiger partial charge in [0.15, 0.2) is 0 Å². The van der Waals surface area contributed by atoms with Gasteiger partial charge in [-0.05, 0) is 23.8 Å². The van der Waals surface area contributed by atoms with Crippen LogP contribution >= 0.6 is 0 Å². The minimum atomic E-state index is -0.495. The van der Waals surface area contributed by atoms with Crippen LogP contribution in [0.3, 0.4) is 0 Å². The highest BCUT2D eigenvalue weighted by Gasteiger charge is 2.43. The first-order valence-electron chi connectivity index (χ1n) is 7.68. The Balaban J connectivity index is 1.85. The van der Waals surface area contributed by atoms with E-state index in [2.05, 4.69) is 29.1 Å². The number of hydrogen-bond acceptors (Lipinski definition) is 4. The van der Waals surface area contributed by atoms with Crippen LogP contribution in [0, 0.1) is 0 Å². The number of nitrogens with one attached hydrogen (secondary N) is 2. The van der Waals surface area contributed by atoms with Crippen LogP contribution in [0.2, 0.25) is 0 Å². The van der Waals surface area contributed by atoms with Crippen molar-refractivity contribution in [3.63, 3.8) is 0 Å². The Bertz CT molecular complexity index is 813. The molecule has 0 saturated carbocycles. The molecule has 0 fully saturated rings. The van der Waals surface area contributed by atoms with Gasteiger partial charge in [0.25, 0.3) is 0 Å². The lowest BCUT2D eigenvalue weighted by molar-refractivity contribution is 0.233. The second-order valence-electron chi connectivity index (χ2n) is 5.79. The highest BCUT2D eigenvalue weighted by molar-refractivity contribution is 5.61. The van der Waals surface area contributed by atoms with E-state index in [0.29, 0.717) is 5.76 Å². The van der Waals surface area contributed by atoms with Crippen LogP contribution in [0.25, 0.3) is 0 Å². The van der Waals surface area contributed by atoms with Crippen LogP contribution in [-0.4, -0.2) is 5.11 Å². The summed E-state index contributed by atoms with van der Waals surface area (Å²) in [5.74, 6) is 1.36. The molecule has 1 aliphatic heterocycles. The van der Waals surface area contributed by atoms with Crippen molar-refractivity contribution in [2.24, 2.45) is 0 Å². The van der Waals surface area contributed by atoms with Crippen LogP contribution in [0.4, 0.5) is 5.69 Å². The lowest BCUT2D eigenvalue weighted by Gasteiger charge is -2.28. The summed E-state index contributed by atoms with van der Waals surface area (Å²) in [7, 11) is 0. The Morgan fingerprint density at radius 2 is 1.70 bits per heavy atom. The maximum Gasteiger partial charge on any atom is 0.131 e. The van der Waals surface area contributed by atoms with Crippen molar-refractivity contribution in [2.75, 3.05) is 5.43 Å². The predicted molar refractivity (Wildman–Crippen MR) is 88.8 cm³/mol. The van der Waals surface area contributed by atoms with Crippen LogP contribution in [0.15, 0.2) is 71.1 Å². The summed E-state index contributed by atoms with van der Waals surface area (Å²) in [4.78, 5) is 0. The molecule has 1 aliphatic rings. The van der Waals surface area contributed by atoms with E-state index in [9.17, 15) is 5.11 Å². The molecule has 2 heterocycles. The fourth-order valence-corrected chi connectivity index (χ4v) is 3.22. The van der Waals surface area contributed by atoms with Crippen LogP contribution < -0.4 is 10.9 Å². The molecule has 2 aromatic carbocycles. The fourth-order valence-electron chi connectivity index (χ4n) is 3.22. The number of para-hydroxylation sites is 1. The Morgan fingerprint density at radius 1 is 0.913 bits per heavy atom. The van der Waals surface area contributed by atoms with Crippen molar-refractivity contribution >= 4 is 5.69 Å². The normalized spacial score (nSPS) is 19.3. The van der Waals surface area contributed by atoms with Gasteiger partial charge in [-0.2, -0.15) is 0 Å². The summed E-state index contributed by atoms with van der Waals surface area (Å²) < 4.78 is 5.90. The summed E-state index contributed by atoms with van der Waals surface area (Å²) in [6, 6.07) is 22.3. The largest absolute Gasteiger partial charge is 0.461 e. The van der Waals surface area contributed by atoms with Crippen molar-refractivity contribution in [1.29, 1.82) is 0 Å². The molecule has 1 atom stereocenters. The second kappa shape index (κ2) is 5.57. The van der Waals surface area contributed by atoms with Gasteiger partial charge >= 0.3 is 0 Å². The number of benzene rings is 2. The lowest BCUT2D eigenvalue weighted by atomic mass is 9.82. The summed E-state index contributed by atoms with van der Waals surface area (Å²) in [5, 5.41) is 9.33. The van der Waals surface area contributed by atoms with Gasteiger partial charge in [-0.25, -0.2) is 5.43 Å². The first kappa shape index (κ1) is 14.1. The minimum absolute atomic E-state index is 0.101. The van der Waals surface area contributed by atoms with E-state index in [0.717, 1.165) is 23.4 Å². The van der Waals surface area contributed by atoms with Gasteiger partial charge in [0.1, 0.15) is 23.7 Å². The van der Waals surface area contributed by atoms with Gasteiger partial charge in [-0.3, -0.25) is 0 Å². The third-order valence-corrected chi connectivity index (χ3v) is 4.35. The molecule has 116 valence electrons. The first-order valence-corrected chi connectivity index (χ1v) is 7.68. The lowest BCUT2D eigenvalue weighted by Crippen LogP contribution is -2.42. The molecule has 0 aliphatic carbocycles. The van der Waals surface area contributed by atoms with Crippen molar-refractivity contribution in [3.05, 3.63) is 89.4 Å². The van der Waals surface area contributed by atoms with Crippen molar-refractivity contribution in [2.45, 2.75) is 18.6 Å². The molecule has 23 heavy (non-hydrogen) atoms. The van der Waals surface area contributed by atoms with Crippen LogP contribution in [0.1, 0.15) is 22.6 Å². The molecule has 0 spiro atoms. The van der Waals surface area contributed by atoms with Gasteiger partial charge in [0.05, 0.1) is 5.69 Å². The van der Waals surface area contributed by atoms with Crippen LogP contribution in [0.5, 0.6) is 0 Å². The predicted octanol–water partition coefficient (Wildman–Crippen LogP) is 3.19. The number of hydrazine groups is 1. The number of furan rings is 1. The smallest absolute Gasteiger partial charge is 0.131 e. The molecule has 3 N–H and O–H groups in total. The maximum atomic E-state index is 9.33. The average molecular weight is 306 g/mol. The van der Waals surface area contributed by atoms with Gasteiger partial charge in [-0.15, -0.1) is 0 Å². The summed E-state index contributed by atoms with van der Waals surface area (Å²) in [5.41, 5.74) is 9.58. The summed E-state index contributed by atoms with van der Waals surface area (Å²) in [6.07, 6.45) is 0.746. The third kappa shape index (κ3) is 2.32. The Hall–Kier alpha value is -2.56. The Labute approximate surface area is 134 Å². The zero-order chi connectivity index (χ0) is 15.7. The SMILES string of the molecule is OCc1ccc(C2(Cc3ccccc3)NNc3ccccc32)o1. The first-order chi connectivity index (χ1) is 11.3. The summed E-state index contributed by atoms with van der Waals surface area (Å²) >= 11 is 0. The van der Waals surface area contributed by atoms with E-state index in [1.54, 1.807) is 0 Å². The molecule has 1 unspecified atom stereocenters. The quantitative estimate of drug-likeness (QED) is 0.693. The van der Waals surface area contributed by atoms with E-state index < -0.39 is 5.54 Å². The topological polar surface area (TPSA) is 57.4 Å². The van der Waals surface area contributed by atoms with Crippen molar-refractivity contribution in [3.8, 4) is 0 Å². The van der Waals surface area contributed by atoms with Gasteiger partial charge in [0, 0.05) is 12.0 Å². The zero-order valence-electron chi connectivity index (χ0n) is 12.6. The third-order valence-electron chi connectivity index (χ3n) is 4.35. The Kier molecular flexibility index (Phi) is 3.41. The molecular formula is C19H18N2O2. The van der Waals surface area contributed by atoms with Gasteiger partial charge < -0.3 is 14.9 Å². The number of rotatable bonds is 4. The molecule has 3 aromatic rings. The number of aliphatic hydroxyl groups excluding tert-OH is 1. The van der Waals surface area contributed by atoms with Crippen molar-refractivity contribution < 1.29 is 9.52 Å². The molecule has 4 rings (SSSR count). The van der Waals surface area contributed by atoms with Gasteiger partial charge in [0.2, 0.25) is 0 Å². The molecule has 4 nitrogen and oxygen atoms in total. The van der Waals surface area contributed by atoms with E-state index >= 15 is 0 Å². The molecule has 0 saturated heterocycles. The van der Waals surface area contributed by atoms with E-state index in [1.807, 2.05) is 48.5 Å². The highest BCUT2D eigenvalue weighted by Crippen LogP contribution is 2.41. The number of hydrogen-bond donors (Lipinski definition) is 3. The van der Waals surface area contributed by atoms with Crippen LogP contribution in [-0.2, 0) is 18.6 Å². The Morgan fingerprint density at radius 3 is 2.48 bits per heavy atom. The number of aliphatic hydroxyl groups is 1. The molecule has 4 heteroatoms. The van der Waals surface area contributed by atoms with E-state index in [1.165, 1.54) is 5.56 Å². The second-order valence-corrected chi connectivity index (χ2v) is 5.79. The monoisotopic (exact) mass is 306 g/mol. The molecule has 0 amide bonds. The molecule has 1 aromatic heterocycles. The standard InChI is InChI=1S/C19H18N2O2/c22-13-15-10-11-18(23-15)19(12-14-6-2-1-3-7-14)16-8-4-5-9-17(16)20-21-19/h1-11,20-22H,12-13H2. The summed E-state index contributed by atoms with van der Waals surface area (Å²) in [6.45, 7) is -0.101. The average Bonchev–Trinajstić information content (AvgIpc) is 3.22. The fraction of sp³-hybridized carbons (Fsp3) is 0.158. The van der Waals surface area contributed by atoms with E-state index in [4.69, 9.17) is 4.42 Å². The minimum Gasteiger partial charge on any atom is -0.461 e. The van der Waals surface area contributed by atoms with Gasteiger partial charge in [-0.1, -0.05) is 48.5 Å². The number of anilines is 1.